The molecule has 4 aliphatic heterocycles. The van der Waals surface area contributed by atoms with Crippen LogP contribution in [0.25, 0.3) is 44.5 Å². The van der Waals surface area contributed by atoms with Crippen LogP contribution in [0.2, 0.25) is 0 Å². The number of carbonyl (C=O) groups excluding carboxylic acids is 7. The Bertz CT molecular complexity index is 4930. The molecule has 6 N–H and O–H groups in total. The van der Waals surface area contributed by atoms with Crippen LogP contribution in [0.3, 0.4) is 0 Å². The maximum absolute atomic E-state index is 14.8. The average Bonchev–Trinajstić information content (AvgIpc) is 1.55. The molecule has 29 heteroatoms. The van der Waals surface area contributed by atoms with Crippen molar-refractivity contribution in [2.45, 2.75) is 228 Å². The summed E-state index contributed by atoms with van der Waals surface area (Å²) >= 11 is 6.00. The number of ether oxygens (including phenoxy) is 3. The maximum Gasteiger partial charge on any atom is 0.408 e. The number of hydrogen-bond acceptors (Lipinski definition) is 20. The van der Waals surface area contributed by atoms with E-state index in [4.69, 9.17) is 19.3 Å². The number of carboxylic acids is 1. The standard InChI is InChI=1S/C44H49N5O7S2.C36H41N5O7S2.C8H10O.2CH4/c50-39-37-23-33(49-41(52)38(31-19-22-58-28-31)35(25-45-49)30-18-21-57-27-30)26-48(37)40(51)36(46-43(54)56-34-14-9-10-15-34)16-8-3-1-2-7-13-32-24-44(32,47-39)42(53)55-20-17-29-11-5-4-6-12-29;42-31-29-16-25(41-33(44)30(23-13-15-50-21-23)27(18-37-41)22-12-14-49-20-22)19-40(29)32(43)28(38-35(47)48-26-9-6-7-10-26)11-5-3-1-2-4-8-24-17-36(24,39-31)34(45)46;9-7-6-8-4-2-1-3-5-8;;/h4-7,11-13,18-19,21-22,25,27-28,32-34,36-37H,1-3,8-10,14-17,20,23-24,26H2,(H,46,54)(H,47,50);4,8,12-15,18,20-21,24-26,28-29H,1-3,5-7,9-11,16-17,19H2,(H,38,47)(H,39,42)(H,45,46);1-5,9H,6-7H2;2*1H4/b13-7-;8-4-;;;/t32?,33-,36+,37-,44-;24?,25-,28+,29-,36-;;;/m00.../s1. The number of alkyl carbamates (subject to hydrolysis) is 2. The molecule has 6 fully saturated rings. The quantitative estimate of drug-likeness (QED) is 0.0280. The van der Waals surface area contributed by atoms with Crippen molar-refractivity contribution in [3.05, 3.63) is 197 Å². The second-order valence-electron chi connectivity index (χ2n) is 31.5. The van der Waals surface area contributed by atoms with Gasteiger partial charge in [-0.3, -0.25) is 28.8 Å². The van der Waals surface area contributed by atoms with Crippen LogP contribution in [0, 0.1) is 11.8 Å². The molecule has 2 aromatic carbocycles. The van der Waals surface area contributed by atoms with Gasteiger partial charge in [-0.15, -0.1) is 0 Å². The normalized spacial score (nSPS) is 25.1. The molecular weight excluding hydrogens is 1590 g/mol. The van der Waals surface area contributed by atoms with Crippen molar-refractivity contribution in [2.24, 2.45) is 11.8 Å². The number of aliphatic carboxylic acids is 1. The van der Waals surface area contributed by atoms with Gasteiger partial charge in [0.15, 0.2) is 0 Å². The van der Waals surface area contributed by atoms with Crippen LogP contribution in [0.1, 0.15) is 179 Å². The molecule has 632 valence electrons. The molecule has 2 unspecified atom stereocenters. The number of nitrogens with zero attached hydrogens (tertiary/aromatic N) is 6. The first-order valence-corrected chi connectivity index (χ1v) is 44.7. The number of hydrogen-bond donors (Lipinski definition) is 6. The first-order chi connectivity index (χ1) is 57.0. The van der Waals surface area contributed by atoms with Crippen LogP contribution >= 0.6 is 45.3 Å². The third-order valence-corrected chi connectivity index (χ3v) is 26.4. The third kappa shape index (κ3) is 21.2. The summed E-state index contributed by atoms with van der Waals surface area (Å²) in [6.45, 7) is 0.367. The van der Waals surface area contributed by atoms with Crippen molar-refractivity contribution in [2.75, 3.05) is 26.3 Å². The summed E-state index contributed by atoms with van der Waals surface area (Å²) in [7, 11) is 0. The molecule has 8 aromatic rings. The van der Waals surface area contributed by atoms with Gasteiger partial charge in [0.2, 0.25) is 23.6 Å². The van der Waals surface area contributed by atoms with Gasteiger partial charge in [-0.2, -0.15) is 55.5 Å². The van der Waals surface area contributed by atoms with Gasteiger partial charge in [0.25, 0.3) is 11.1 Å². The number of rotatable bonds is 17. The average molecular weight is 1700 g/mol. The molecule has 25 nitrogen and oxygen atoms in total. The Morgan fingerprint density at radius 1 is 0.504 bits per heavy atom. The molecule has 16 rings (SSSR count). The molecule has 8 aliphatic rings. The van der Waals surface area contributed by atoms with E-state index in [0.29, 0.717) is 60.8 Å². The van der Waals surface area contributed by atoms with E-state index in [-0.39, 0.29) is 95.6 Å². The van der Waals surface area contributed by atoms with E-state index in [2.05, 4.69) is 37.5 Å². The fraction of sp³-hybridized carbons (Fsp3) is 0.467. The lowest BCUT2D eigenvalue weighted by molar-refractivity contribution is -0.150. The number of nitrogens with one attached hydrogen (secondary N) is 4. The van der Waals surface area contributed by atoms with Crippen LogP contribution < -0.4 is 32.4 Å². The molecular formula is C90H108N10O15S4. The molecule has 10 atom stereocenters. The van der Waals surface area contributed by atoms with Crippen molar-refractivity contribution in [3.8, 4) is 44.5 Å². The highest BCUT2D eigenvalue weighted by Crippen LogP contribution is 2.48. The SMILES string of the molecule is C.C.O=C(N[C@@H]1CCCCC/C=C\C2C[C@]2(C(=O)O)NC(=O)[C@@H]2C[C@H](n3ncc(-c4ccsc4)c(-c4ccsc4)c3=O)CN2C1=O)OC1CCCC1.O=C(N[C@@H]1CCCCC/C=C\C2C[C@]2(C(=O)OCCc2ccccc2)NC(=O)[C@@H]2C[C@H](n3ncc(-c4ccsc4)c(-c4ccsc4)c3=O)CN2C1=O)OC1CCCC1.OCCc1ccccc1. The van der Waals surface area contributed by atoms with Gasteiger partial charge in [0.1, 0.15) is 47.5 Å². The van der Waals surface area contributed by atoms with E-state index in [9.17, 15) is 53.1 Å². The Balaban J connectivity index is 0.000000196. The largest absolute Gasteiger partial charge is 0.479 e. The fourth-order valence-electron chi connectivity index (χ4n) is 17.1. The Hall–Kier alpha value is -10.2. The maximum atomic E-state index is 14.8. The monoisotopic (exact) mass is 1700 g/mol. The molecule has 119 heavy (non-hydrogen) atoms. The van der Waals surface area contributed by atoms with Gasteiger partial charge in [0, 0.05) is 61.9 Å². The number of carboxylic acid groups (broad SMARTS) is 1. The second kappa shape index (κ2) is 41.2. The fourth-order valence-corrected chi connectivity index (χ4v) is 19.7. The highest BCUT2D eigenvalue weighted by molar-refractivity contribution is 7.09. The second-order valence-corrected chi connectivity index (χ2v) is 34.7. The molecule has 6 aromatic heterocycles. The number of carbonyl (C=O) groups is 8. The predicted octanol–water partition coefficient (Wildman–Crippen LogP) is 14.9. The van der Waals surface area contributed by atoms with Crippen LogP contribution in [0.5, 0.6) is 0 Å². The van der Waals surface area contributed by atoms with Crippen molar-refractivity contribution in [1.82, 2.24) is 50.6 Å². The minimum absolute atomic E-state index is 0. The van der Waals surface area contributed by atoms with Crippen molar-refractivity contribution in [1.29, 1.82) is 0 Å². The lowest BCUT2D eigenvalue weighted by Gasteiger charge is -2.30. The first-order valence-electron chi connectivity index (χ1n) is 40.9. The van der Waals surface area contributed by atoms with Crippen molar-refractivity contribution < 1.29 is 62.8 Å². The summed E-state index contributed by atoms with van der Waals surface area (Å²) < 4.78 is 19.9. The molecule has 0 radical (unpaired) electrons. The van der Waals surface area contributed by atoms with Gasteiger partial charge in [-0.25, -0.2) is 28.5 Å². The number of allylic oxidation sites excluding steroid dienone is 2. The Morgan fingerprint density at radius 2 is 0.908 bits per heavy atom. The number of aliphatic hydroxyl groups is 1. The van der Waals surface area contributed by atoms with E-state index < -0.39 is 95.1 Å². The summed E-state index contributed by atoms with van der Waals surface area (Å²) in [6.07, 6.45) is 25.4. The van der Waals surface area contributed by atoms with Crippen LogP contribution in [-0.4, -0.2) is 161 Å². The zero-order valence-electron chi connectivity index (χ0n) is 65.3. The summed E-state index contributed by atoms with van der Waals surface area (Å²) in [5.41, 5.74) is 4.41. The van der Waals surface area contributed by atoms with E-state index >= 15 is 0 Å². The van der Waals surface area contributed by atoms with Crippen molar-refractivity contribution in [3.63, 3.8) is 0 Å². The Labute approximate surface area is 709 Å². The highest BCUT2D eigenvalue weighted by atomic mass is 32.1. The van der Waals surface area contributed by atoms with Gasteiger partial charge < -0.3 is 55.5 Å². The summed E-state index contributed by atoms with van der Waals surface area (Å²) in [4.78, 5) is 142. The molecule has 4 saturated carbocycles. The number of amides is 6. The van der Waals surface area contributed by atoms with Gasteiger partial charge in [-0.1, -0.05) is 126 Å². The molecule has 10 heterocycles. The van der Waals surface area contributed by atoms with E-state index in [1.807, 2.05) is 146 Å². The highest BCUT2D eigenvalue weighted by Gasteiger charge is 2.63. The molecule has 6 amide bonds. The molecule has 2 saturated heterocycles. The molecule has 4 aliphatic carbocycles. The van der Waals surface area contributed by atoms with E-state index in [0.717, 1.165) is 124 Å². The van der Waals surface area contributed by atoms with E-state index in [1.54, 1.807) is 12.4 Å². The van der Waals surface area contributed by atoms with Crippen molar-refractivity contribution >= 4 is 93.1 Å². The van der Waals surface area contributed by atoms with Gasteiger partial charge >= 0.3 is 24.1 Å². The predicted molar refractivity (Wildman–Crippen MR) is 462 cm³/mol. The Morgan fingerprint density at radius 3 is 1.33 bits per heavy atom. The summed E-state index contributed by atoms with van der Waals surface area (Å²) in [6, 6.07) is 21.9. The zero-order chi connectivity index (χ0) is 81.4. The molecule has 0 bridgehead atoms. The van der Waals surface area contributed by atoms with Crippen LogP contribution in [0.15, 0.2) is 174 Å². The van der Waals surface area contributed by atoms with Crippen LogP contribution in [-0.2, 0) is 55.8 Å². The summed E-state index contributed by atoms with van der Waals surface area (Å²) in [5.74, 6) is -4.31. The number of thiophene rings is 4. The molecule has 0 spiro atoms. The minimum Gasteiger partial charge on any atom is -0.479 e. The van der Waals surface area contributed by atoms with E-state index in [1.165, 1.54) is 70.1 Å². The Kier molecular flexibility index (Phi) is 30.5. The number of benzene rings is 2. The summed E-state index contributed by atoms with van der Waals surface area (Å²) in [5, 5.41) is 54.9. The first kappa shape index (κ1) is 88.1. The lowest BCUT2D eigenvalue weighted by atomic mass is 10.0. The van der Waals surface area contributed by atoms with Gasteiger partial charge in [-0.05, 0) is 210 Å². The van der Waals surface area contributed by atoms with Crippen LogP contribution in [0.4, 0.5) is 9.59 Å². The third-order valence-electron chi connectivity index (χ3n) is 23.7. The topological polar surface area (TPSA) is 329 Å². The minimum atomic E-state index is -1.47. The van der Waals surface area contributed by atoms with Gasteiger partial charge in [0.05, 0.1) is 42.2 Å². The number of fused-ring (bicyclic) bond motifs is 4. The number of aromatic nitrogens is 4. The lowest BCUT2D eigenvalue weighted by Crippen LogP contribution is -2.56. The zero-order valence-corrected chi connectivity index (χ0v) is 68.5. The number of esters is 1. The smallest absolute Gasteiger partial charge is 0.408 e. The number of aliphatic hydroxyl groups excluding tert-OH is 1.